The Hall–Kier alpha value is -1.89. The minimum absolute atomic E-state index is 0.121. The van der Waals surface area contributed by atoms with Gasteiger partial charge < -0.3 is 14.9 Å². The second kappa shape index (κ2) is 7.78. The number of aliphatic hydroxyl groups is 2. The second-order valence-corrected chi connectivity index (χ2v) is 5.14. The summed E-state index contributed by atoms with van der Waals surface area (Å²) in [5.41, 5.74) is 1.30. The summed E-state index contributed by atoms with van der Waals surface area (Å²) in [7, 11) is 0. The predicted molar refractivity (Wildman–Crippen MR) is 76.8 cm³/mol. The van der Waals surface area contributed by atoms with Crippen molar-refractivity contribution in [1.29, 1.82) is 0 Å². The van der Waals surface area contributed by atoms with E-state index in [2.05, 4.69) is 0 Å². The Morgan fingerprint density at radius 3 is 2.71 bits per heavy atom. The number of rotatable bonds is 7. The quantitative estimate of drug-likeness (QED) is 0.344. The number of hydroxylamine groups is 1. The molecule has 1 amide bonds. The Morgan fingerprint density at radius 2 is 2.10 bits per heavy atom. The third kappa shape index (κ3) is 4.86. The van der Waals surface area contributed by atoms with Crippen LogP contribution in [0, 0.1) is 5.41 Å². The van der Waals surface area contributed by atoms with E-state index in [9.17, 15) is 9.90 Å². The Bertz CT molecular complexity index is 499. The molecule has 116 valence electrons. The first-order valence-electron chi connectivity index (χ1n) is 6.56. The molecule has 4 N–H and O–H groups in total. The van der Waals surface area contributed by atoms with Gasteiger partial charge in [0, 0.05) is 17.1 Å². The number of carbonyl (C=O) groups excluding carboxylic acids is 1. The van der Waals surface area contributed by atoms with E-state index in [1.807, 2.05) is 0 Å². The highest BCUT2D eigenvalue weighted by atomic mass is 16.5. The van der Waals surface area contributed by atoms with Gasteiger partial charge in [-0.1, -0.05) is 38.1 Å². The van der Waals surface area contributed by atoms with Crippen LogP contribution in [0.25, 0.3) is 0 Å². The molecule has 21 heavy (non-hydrogen) atoms. The highest BCUT2D eigenvalue weighted by Gasteiger charge is 2.29. The third-order valence-corrected chi connectivity index (χ3v) is 3.04. The van der Waals surface area contributed by atoms with Crippen molar-refractivity contribution < 1.29 is 25.0 Å². The number of carbonyl (C=O) groups is 1. The topological polar surface area (TPSA) is 99.0 Å². The molecule has 0 unspecified atom stereocenters. The van der Waals surface area contributed by atoms with Gasteiger partial charge in [0.15, 0.2) is 0 Å². The normalized spacial score (nSPS) is 13.2. The molecule has 1 aromatic rings. The highest BCUT2D eigenvalue weighted by Crippen LogP contribution is 2.38. The first-order chi connectivity index (χ1) is 9.92. The van der Waals surface area contributed by atoms with Crippen molar-refractivity contribution in [3.63, 3.8) is 0 Å². The maximum Gasteiger partial charge on any atom is 0.267 e. The molecule has 0 radical (unpaired) electrons. The van der Waals surface area contributed by atoms with Gasteiger partial charge in [-0.25, -0.2) is 5.48 Å². The van der Waals surface area contributed by atoms with Crippen LogP contribution >= 0.6 is 0 Å². The smallest absolute Gasteiger partial charge is 0.267 e. The third-order valence-electron chi connectivity index (χ3n) is 3.04. The Balaban J connectivity index is 2.98. The molecule has 1 aromatic carbocycles. The summed E-state index contributed by atoms with van der Waals surface area (Å²) >= 11 is 0. The fourth-order valence-electron chi connectivity index (χ4n) is 1.81. The minimum atomic E-state index is -0.921. The second-order valence-electron chi connectivity index (χ2n) is 5.14. The van der Waals surface area contributed by atoms with Crippen LogP contribution in [0.2, 0.25) is 0 Å². The summed E-state index contributed by atoms with van der Waals surface area (Å²) in [4.78, 5) is 11.0. The molecular weight excluding hydrogens is 274 g/mol. The van der Waals surface area contributed by atoms with Crippen molar-refractivity contribution in [1.82, 2.24) is 5.48 Å². The van der Waals surface area contributed by atoms with Gasteiger partial charge in [0.05, 0.1) is 12.7 Å². The lowest BCUT2D eigenvalue weighted by Gasteiger charge is -2.28. The molecule has 0 spiro atoms. The molecule has 0 aromatic heterocycles. The summed E-state index contributed by atoms with van der Waals surface area (Å²) in [5, 5.41) is 27.8. The molecule has 0 bridgehead atoms. The number of benzene rings is 1. The van der Waals surface area contributed by atoms with Crippen LogP contribution < -0.4 is 10.2 Å². The molecule has 0 aliphatic heterocycles. The fourth-order valence-corrected chi connectivity index (χ4v) is 1.81. The van der Waals surface area contributed by atoms with Crippen LogP contribution in [0.15, 0.2) is 36.4 Å². The molecule has 6 nitrogen and oxygen atoms in total. The molecule has 6 heteroatoms. The van der Waals surface area contributed by atoms with E-state index in [1.165, 1.54) is 11.6 Å². The molecule has 0 saturated heterocycles. The van der Waals surface area contributed by atoms with Gasteiger partial charge >= 0.3 is 0 Å². The maximum atomic E-state index is 11.0. The number of hydrogen-bond acceptors (Lipinski definition) is 5. The molecule has 0 saturated carbocycles. The predicted octanol–water partition coefficient (Wildman–Crippen LogP) is 1.18. The van der Waals surface area contributed by atoms with E-state index in [4.69, 9.17) is 15.1 Å². The lowest BCUT2D eigenvalue weighted by atomic mass is 9.82. The Morgan fingerprint density at radius 1 is 1.43 bits per heavy atom. The molecule has 0 aliphatic carbocycles. The van der Waals surface area contributed by atoms with Crippen LogP contribution in [0.3, 0.4) is 0 Å². The van der Waals surface area contributed by atoms with Crippen molar-refractivity contribution in [2.24, 2.45) is 5.41 Å². The van der Waals surface area contributed by atoms with Crippen molar-refractivity contribution >= 4 is 5.91 Å². The molecule has 0 fully saturated rings. The Labute approximate surface area is 123 Å². The van der Waals surface area contributed by atoms with Gasteiger partial charge in [-0.3, -0.25) is 10.0 Å². The van der Waals surface area contributed by atoms with Gasteiger partial charge in [-0.15, -0.1) is 0 Å². The average Bonchev–Trinajstić information content (AvgIpc) is 2.50. The van der Waals surface area contributed by atoms with Crippen LogP contribution in [-0.2, 0) is 4.79 Å². The van der Waals surface area contributed by atoms with E-state index < -0.39 is 17.4 Å². The summed E-state index contributed by atoms with van der Waals surface area (Å²) in [6.07, 6.45) is 1.74. The van der Waals surface area contributed by atoms with E-state index in [0.717, 1.165) is 6.08 Å². The number of nitrogens with one attached hydrogen (secondary N) is 1. The number of amides is 1. The first-order valence-corrected chi connectivity index (χ1v) is 6.56. The lowest BCUT2D eigenvalue weighted by molar-refractivity contribution is -0.124. The van der Waals surface area contributed by atoms with E-state index in [0.29, 0.717) is 11.3 Å². The summed E-state index contributed by atoms with van der Waals surface area (Å²) < 4.78 is 5.40. The first kappa shape index (κ1) is 17.2. The molecule has 0 aliphatic rings. The van der Waals surface area contributed by atoms with Gasteiger partial charge in [0.25, 0.3) is 5.91 Å². The van der Waals surface area contributed by atoms with Crippen LogP contribution in [0.5, 0.6) is 5.75 Å². The zero-order chi connectivity index (χ0) is 15.9. The van der Waals surface area contributed by atoms with Crippen LogP contribution in [0.4, 0.5) is 0 Å². The molecular formula is C15H21NO5. The Kier molecular flexibility index (Phi) is 6.36. The van der Waals surface area contributed by atoms with Gasteiger partial charge in [0.2, 0.25) is 0 Å². The number of para-hydroxylation sites is 1. The molecule has 0 heterocycles. The summed E-state index contributed by atoms with van der Waals surface area (Å²) in [6.45, 7) is 3.51. The van der Waals surface area contributed by atoms with Crippen molar-refractivity contribution in [2.75, 3.05) is 13.2 Å². The van der Waals surface area contributed by atoms with Crippen molar-refractivity contribution in [3.05, 3.63) is 42.0 Å². The fraction of sp³-hybridized carbons (Fsp3) is 0.400. The number of aliphatic hydroxyl groups excluding tert-OH is 2. The van der Waals surface area contributed by atoms with E-state index in [1.54, 1.807) is 38.1 Å². The van der Waals surface area contributed by atoms with Crippen LogP contribution in [-0.4, -0.2) is 34.5 Å². The van der Waals surface area contributed by atoms with Crippen molar-refractivity contribution in [2.45, 2.75) is 20.0 Å². The zero-order valence-corrected chi connectivity index (χ0v) is 12.1. The van der Waals surface area contributed by atoms with Crippen molar-refractivity contribution in [3.8, 4) is 5.75 Å². The average molecular weight is 295 g/mol. The highest BCUT2D eigenvalue weighted by molar-refractivity contribution is 5.86. The maximum absolute atomic E-state index is 11.0. The zero-order valence-electron chi connectivity index (χ0n) is 12.1. The summed E-state index contributed by atoms with van der Waals surface area (Å²) in [6, 6.07) is 6.96. The monoisotopic (exact) mass is 295 g/mol. The van der Waals surface area contributed by atoms with Gasteiger partial charge in [-0.05, 0) is 6.07 Å². The lowest BCUT2D eigenvalue weighted by Crippen LogP contribution is -2.22. The summed E-state index contributed by atoms with van der Waals surface area (Å²) in [5.74, 6) is -0.188. The largest absolute Gasteiger partial charge is 0.491 e. The standard InChI is InChI=1S/C15H21NO5/c1-15(2,8-7-13(18)16-20)14(19)11-5-3-4-6-12(11)21-10-9-17/h3-8,14,17,19-20H,9-10H2,1-2H3,(H,16,18)/b8-7+/t14-/m0/s1. The minimum Gasteiger partial charge on any atom is -0.491 e. The number of hydrogen-bond donors (Lipinski definition) is 4. The SMILES string of the molecule is CC(C)(/C=C/C(=O)NO)[C@@H](O)c1ccccc1OCCO. The molecule has 1 atom stereocenters. The van der Waals surface area contributed by atoms with Crippen LogP contribution in [0.1, 0.15) is 25.5 Å². The van der Waals surface area contributed by atoms with E-state index in [-0.39, 0.29) is 13.2 Å². The van der Waals surface area contributed by atoms with Gasteiger partial charge in [-0.2, -0.15) is 0 Å². The van der Waals surface area contributed by atoms with Gasteiger partial charge in [0.1, 0.15) is 12.4 Å². The van der Waals surface area contributed by atoms with E-state index >= 15 is 0 Å². The molecule has 1 rings (SSSR count). The number of ether oxygens (including phenoxy) is 1.